The third kappa shape index (κ3) is 3.14. The van der Waals surface area contributed by atoms with Gasteiger partial charge in [0.1, 0.15) is 5.82 Å². The first kappa shape index (κ1) is 13.2. The molecule has 2 rings (SSSR count). The predicted molar refractivity (Wildman–Crippen MR) is 63.2 cm³/mol. The van der Waals surface area contributed by atoms with E-state index in [9.17, 15) is 13.4 Å². The lowest BCUT2D eigenvalue weighted by atomic mass is 10.2. The fourth-order valence-electron chi connectivity index (χ4n) is 1.88. The Labute approximate surface area is 106 Å². The van der Waals surface area contributed by atoms with Gasteiger partial charge in [0, 0.05) is 4.90 Å². The minimum atomic E-state index is -1.37. The predicted octanol–water partition coefficient (Wildman–Crippen LogP) is 1.57. The van der Waals surface area contributed by atoms with Crippen LogP contribution < -0.4 is 0 Å². The van der Waals surface area contributed by atoms with Gasteiger partial charge in [-0.25, -0.2) is 9.18 Å². The van der Waals surface area contributed by atoms with E-state index in [-0.39, 0.29) is 11.9 Å². The molecule has 1 aliphatic rings. The van der Waals surface area contributed by atoms with E-state index in [0.29, 0.717) is 17.7 Å². The second kappa shape index (κ2) is 5.58. The second-order valence-electron chi connectivity index (χ2n) is 4.13. The highest BCUT2D eigenvalue weighted by molar-refractivity contribution is 7.85. The standard InChI is InChI=1S/C12H13FO4S/c13-8-2-1-3-10(6-8)18(16)7-9-4-5-11(17-9)12(14)15/h1-3,6,9,11H,4-5,7H2,(H,14,15). The summed E-state index contributed by atoms with van der Waals surface area (Å²) < 4.78 is 30.2. The number of carbonyl (C=O) groups is 1. The van der Waals surface area contributed by atoms with Crippen molar-refractivity contribution in [1.82, 2.24) is 0 Å². The number of ether oxygens (including phenoxy) is 1. The van der Waals surface area contributed by atoms with Crippen molar-refractivity contribution >= 4 is 16.8 Å². The molecule has 0 aromatic heterocycles. The molecular weight excluding hydrogens is 259 g/mol. The Morgan fingerprint density at radius 3 is 2.89 bits per heavy atom. The van der Waals surface area contributed by atoms with Gasteiger partial charge in [-0.3, -0.25) is 4.21 Å². The van der Waals surface area contributed by atoms with Crippen molar-refractivity contribution in [3.05, 3.63) is 30.1 Å². The molecule has 1 aromatic rings. The van der Waals surface area contributed by atoms with Gasteiger partial charge in [0.2, 0.25) is 0 Å². The van der Waals surface area contributed by atoms with Gasteiger partial charge in [0.25, 0.3) is 0 Å². The molecule has 1 fully saturated rings. The van der Waals surface area contributed by atoms with Gasteiger partial charge in [0.15, 0.2) is 6.10 Å². The number of aliphatic carboxylic acids is 1. The topological polar surface area (TPSA) is 63.6 Å². The maximum atomic E-state index is 13.0. The fraction of sp³-hybridized carbons (Fsp3) is 0.417. The average Bonchev–Trinajstić information content (AvgIpc) is 2.77. The quantitative estimate of drug-likeness (QED) is 0.903. The Balaban J connectivity index is 1.95. The molecule has 3 unspecified atom stereocenters. The van der Waals surface area contributed by atoms with E-state index in [2.05, 4.69) is 0 Å². The fourth-order valence-corrected chi connectivity index (χ4v) is 3.13. The van der Waals surface area contributed by atoms with Crippen LogP contribution in [0, 0.1) is 5.82 Å². The van der Waals surface area contributed by atoms with Crippen LogP contribution in [0.5, 0.6) is 0 Å². The lowest BCUT2D eigenvalue weighted by Gasteiger charge is -2.10. The van der Waals surface area contributed by atoms with Gasteiger partial charge in [-0.05, 0) is 31.0 Å². The average molecular weight is 272 g/mol. The molecule has 3 atom stereocenters. The number of hydrogen-bond acceptors (Lipinski definition) is 3. The van der Waals surface area contributed by atoms with Crippen molar-refractivity contribution in [3.63, 3.8) is 0 Å². The van der Waals surface area contributed by atoms with Crippen molar-refractivity contribution in [2.24, 2.45) is 0 Å². The molecule has 1 heterocycles. The number of rotatable bonds is 4. The van der Waals surface area contributed by atoms with Crippen LogP contribution in [0.2, 0.25) is 0 Å². The maximum Gasteiger partial charge on any atom is 0.332 e. The first-order chi connectivity index (χ1) is 8.56. The van der Waals surface area contributed by atoms with Crippen LogP contribution >= 0.6 is 0 Å². The summed E-state index contributed by atoms with van der Waals surface area (Å²) in [4.78, 5) is 11.1. The first-order valence-corrected chi connectivity index (χ1v) is 6.90. The molecule has 1 saturated heterocycles. The zero-order valence-electron chi connectivity index (χ0n) is 9.54. The van der Waals surface area contributed by atoms with Gasteiger partial charge in [0.05, 0.1) is 22.7 Å². The smallest absolute Gasteiger partial charge is 0.332 e. The Hall–Kier alpha value is -1.27. The summed E-state index contributed by atoms with van der Waals surface area (Å²) in [5.41, 5.74) is 0. The van der Waals surface area contributed by atoms with Crippen molar-refractivity contribution < 1.29 is 23.2 Å². The van der Waals surface area contributed by atoms with E-state index in [0.717, 1.165) is 0 Å². The first-order valence-electron chi connectivity index (χ1n) is 5.58. The summed E-state index contributed by atoms with van der Waals surface area (Å²) >= 11 is 0. The summed E-state index contributed by atoms with van der Waals surface area (Å²) in [5, 5.41) is 8.77. The number of hydrogen-bond donors (Lipinski definition) is 1. The number of carboxylic acid groups (broad SMARTS) is 1. The molecule has 0 radical (unpaired) electrons. The molecule has 18 heavy (non-hydrogen) atoms. The number of halogens is 1. The molecule has 0 aliphatic carbocycles. The normalized spacial score (nSPS) is 24.9. The molecule has 1 aliphatic heterocycles. The van der Waals surface area contributed by atoms with Crippen LogP contribution in [0.3, 0.4) is 0 Å². The second-order valence-corrected chi connectivity index (χ2v) is 5.63. The van der Waals surface area contributed by atoms with E-state index < -0.39 is 28.7 Å². The van der Waals surface area contributed by atoms with Gasteiger partial charge >= 0.3 is 5.97 Å². The molecule has 98 valence electrons. The molecular formula is C12H13FO4S. The van der Waals surface area contributed by atoms with Crippen molar-refractivity contribution in [2.75, 3.05) is 5.75 Å². The number of carboxylic acids is 1. The maximum absolute atomic E-state index is 13.0. The monoisotopic (exact) mass is 272 g/mol. The molecule has 1 N–H and O–H groups in total. The van der Waals surface area contributed by atoms with Gasteiger partial charge in [-0.1, -0.05) is 6.07 Å². The summed E-state index contributed by atoms with van der Waals surface area (Å²) in [7, 11) is -1.37. The molecule has 0 bridgehead atoms. The third-order valence-corrected chi connectivity index (χ3v) is 4.23. The van der Waals surface area contributed by atoms with Crippen molar-refractivity contribution in [3.8, 4) is 0 Å². The van der Waals surface area contributed by atoms with Crippen molar-refractivity contribution in [1.29, 1.82) is 0 Å². The van der Waals surface area contributed by atoms with Crippen LogP contribution in [-0.4, -0.2) is 33.2 Å². The number of benzene rings is 1. The van der Waals surface area contributed by atoms with Crippen LogP contribution in [0.15, 0.2) is 29.2 Å². The zero-order valence-corrected chi connectivity index (χ0v) is 10.4. The van der Waals surface area contributed by atoms with Gasteiger partial charge in [-0.15, -0.1) is 0 Å². The third-order valence-electron chi connectivity index (χ3n) is 2.78. The Morgan fingerprint density at radius 2 is 2.28 bits per heavy atom. The highest BCUT2D eigenvalue weighted by Crippen LogP contribution is 2.22. The summed E-state index contributed by atoms with van der Waals surface area (Å²) in [6.07, 6.45) is -0.145. The van der Waals surface area contributed by atoms with Crippen LogP contribution in [0.25, 0.3) is 0 Å². The van der Waals surface area contributed by atoms with Crippen LogP contribution in [0.1, 0.15) is 12.8 Å². The highest BCUT2D eigenvalue weighted by atomic mass is 32.2. The highest BCUT2D eigenvalue weighted by Gasteiger charge is 2.31. The lowest BCUT2D eigenvalue weighted by Crippen LogP contribution is -2.23. The lowest BCUT2D eigenvalue weighted by molar-refractivity contribution is -0.148. The summed E-state index contributed by atoms with van der Waals surface area (Å²) in [6, 6.07) is 5.59. The molecule has 4 nitrogen and oxygen atoms in total. The van der Waals surface area contributed by atoms with E-state index in [1.165, 1.54) is 18.2 Å². The van der Waals surface area contributed by atoms with Crippen LogP contribution in [-0.2, 0) is 20.3 Å². The van der Waals surface area contributed by atoms with E-state index >= 15 is 0 Å². The summed E-state index contributed by atoms with van der Waals surface area (Å²) in [5.74, 6) is -1.22. The SMILES string of the molecule is O=C(O)C1CCC(CS(=O)c2cccc(F)c2)O1. The Kier molecular flexibility index (Phi) is 4.08. The molecule has 0 spiro atoms. The Bertz CT molecular complexity index is 477. The van der Waals surface area contributed by atoms with Crippen molar-refractivity contribution in [2.45, 2.75) is 29.9 Å². The van der Waals surface area contributed by atoms with E-state index in [1.54, 1.807) is 6.07 Å². The molecule has 6 heteroatoms. The van der Waals surface area contributed by atoms with Gasteiger partial charge in [-0.2, -0.15) is 0 Å². The van der Waals surface area contributed by atoms with Gasteiger partial charge < -0.3 is 9.84 Å². The largest absolute Gasteiger partial charge is 0.479 e. The summed E-state index contributed by atoms with van der Waals surface area (Å²) in [6.45, 7) is 0. The van der Waals surface area contributed by atoms with Crippen LogP contribution in [0.4, 0.5) is 4.39 Å². The van der Waals surface area contributed by atoms with E-state index in [1.807, 2.05) is 0 Å². The van der Waals surface area contributed by atoms with E-state index in [4.69, 9.17) is 9.84 Å². The molecule has 0 amide bonds. The molecule has 1 aromatic carbocycles. The minimum Gasteiger partial charge on any atom is -0.479 e. The minimum absolute atomic E-state index is 0.202. The zero-order chi connectivity index (χ0) is 13.1. The molecule has 0 saturated carbocycles. The Morgan fingerprint density at radius 1 is 1.50 bits per heavy atom.